The second-order valence-electron chi connectivity index (χ2n) is 9.48. The molecule has 176 valence electrons. The number of likely N-dealkylation sites (tertiary alicyclic amines) is 1. The molecule has 3 amide bonds. The molecule has 8 nitrogen and oxygen atoms in total. The first-order chi connectivity index (χ1) is 14.9. The average Bonchev–Trinajstić information content (AvgIpc) is 3.30. The maximum Gasteiger partial charge on any atom is 0.245 e. The van der Waals surface area contributed by atoms with Crippen molar-refractivity contribution >= 4 is 17.7 Å². The predicted octanol–water partition coefficient (Wildman–Crippen LogP) is 1.36. The second-order valence-corrected chi connectivity index (χ2v) is 9.48. The molecular weight excluding hydrogens is 398 g/mol. The van der Waals surface area contributed by atoms with E-state index in [0.717, 1.165) is 25.7 Å². The predicted molar refractivity (Wildman–Crippen MR) is 116 cm³/mol. The molecule has 3 rings (SSSR count). The van der Waals surface area contributed by atoms with Crippen LogP contribution >= 0.6 is 0 Å². The topological polar surface area (TPSA) is 108 Å². The van der Waals surface area contributed by atoms with Gasteiger partial charge < -0.3 is 25.4 Å². The van der Waals surface area contributed by atoms with Crippen molar-refractivity contribution in [1.82, 2.24) is 15.5 Å². The van der Waals surface area contributed by atoms with Crippen LogP contribution in [0.4, 0.5) is 0 Å². The molecule has 3 N–H and O–H groups in total. The molecule has 3 aliphatic heterocycles. The van der Waals surface area contributed by atoms with Gasteiger partial charge in [-0.05, 0) is 51.9 Å². The van der Waals surface area contributed by atoms with Crippen molar-refractivity contribution in [2.75, 3.05) is 26.2 Å². The molecule has 2 unspecified atom stereocenters. The molecule has 0 aromatic carbocycles. The lowest BCUT2D eigenvalue weighted by Gasteiger charge is -2.33. The van der Waals surface area contributed by atoms with Crippen LogP contribution in [0.15, 0.2) is 0 Å². The molecule has 0 radical (unpaired) electrons. The Hall–Kier alpha value is -1.67. The number of aliphatic hydroxyl groups is 1. The SMILES string of the molecule is CCCCNC(=O)C1N(CCCCCO)C(=O)[C@@H]2[C@@H](C(=O)NCCC)[C@@]3(C)CCC12O3. The Labute approximate surface area is 185 Å². The van der Waals surface area contributed by atoms with Gasteiger partial charge in [0.25, 0.3) is 0 Å². The zero-order valence-electron chi connectivity index (χ0n) is 19.2. The van der Waals surface area contributed by atoms with Crippen LogP contribution in [0.1, 0.15) is 72.1 Å². The Kier molecular flexibility index (Phi) is 7.63. The summed E-state index contributed by atoms with van der Waals surface area (Å²) in [6, 6.07) is -0.707. The van der Waals surface area contributed by atoms with Crippen LogP contribution in [0.2, 0.25) is 0 Å². The lowest BCUT2D eigenvalue weighted by molar-refractivity contribution is -0.146. The molecule has 3 fully saturated rings. The maximum atomic E-state index is 13.6. The number of nitrogens with zero attached hydrogens (tertiary/aromatic N) is 1. The summed E-state index contributed by atoms with van der Waals surface area (Å²) in [6.45, 7) is 7.65. The van der Waals surface area contributed by atoms with E-state index in [1.54, 1.807) is 4.90 Å². The maximum absolute atomic E-state index is 13.6. The van der Waals surface area contributed by atoms with Gasteiger partial charge in [-0.15, -0.1) is 0 Å². The van der Waals surface area contributed by atoms with E-state index in [1.165, 1.54) is 0 Å². The minimum absolute atomic E-state index is 0.114. The number of fused-ring (bicyclic) bond motifs is 1. The molecule has 0 aromatic rings. The van der Waals surface area contributed by atoms with E-state index in [1.807, 2.05) is 13.8 Å². The summed E-state index contributed by atoms with van der Waals surface area (Å²) in [5.41, 5.74) is -1.66. The monoisotopic (exact) mass is 437 g/mol. The quantitative estimate of drug-likeness (QED) is 0.400. The van der Waals surface area contributed by atoms with Gasteiger partial charge in [-0.3, -0.25) is 14.4 Å². The number of aliphatic hydroxyl groups excluding tert-OH is 1. The summed E-state index contributed by atoms with van der Waals surface area (Å²) in [5.74, 6) is -1.65. The van der Waals surface area contributed by atoms with Crippen molar-refractivity contribution in [1.29, 1.82) is 0 Å². The van der Waals surface area contributed by atoms with Crippen LogP contribution < -0.4 is 10.6 Å². The largest absolute Gasteiger partial charge is 0.396 e. The number of hydrogen-bond acceptors (Lipinski definition) is 5. The van der Waals surface area contributed by atoms with Crippen molar-refractivity contribution in [3.63, 3.8) is 0 Å². The Balaban J connectivity index is 1.89. The first kappa shape index (κ1) is 24.0. The van der Waals surface area contributed by atoms with Crippen molar-refractivity contribution in [3.8, 4) is 0 Å². The van der Waals surface area contributed by atoms with Gasteiger partial charge in [0.2, 0.25) is 17.7 Å². The number of ether oxygens (including phenoxy) is 1. The van der Waals surface area contributed by atoms with E-state index in [2.05, 4.69) is 17.6 Å². The van der Waals surface area contributed by atoms with Gasteiger partial charge in [0.05, 0.1) is 17.4 Å². The highest BCUT2D eigenvalue weighted by atomic mass is 16.5. The zero-order chi connectivity index (χ0) is 22.6. The molecular formula is C23H39N3O5. The smallest absolute Gasteiger partial charge is 0.245 e. The molecule has 31 heavy (non-hydrogen) atoms. The fourth-order valence-electron chi connectivity index (χ4n) is 5.78. The van der Waals surface area contributed by atoms with Gasteiger partial charge in [-0.25, -0.2) is 0 Å². The van der Waals surface area contributed by atoms with E-state index in [-0.39, 0.29) is 24.3 Å². The molecule has 8 heteroatoms. The van der Waals surface area contributed by atoms with Crippen LogP contribution in [0.5, 0.6) is 0 Å². The van der Waals surface area contributed by atoms with Gasteiger partial charge >= 0.3 is 0 Å². The first-order valence-electron chi connectivity index (χ1n) is 12.0. The number of carbonyl (C=O) groups is 3. The molecule has 3 heterocycles. The molecule has 0 aliphatic carbocycles. The summed E-state index contributed by atoms with van der Waals surface area (Å²) in [5, 5.41) is 15.0. The fraction of sp³-hybridized carbons (Fsp3) is 0.870. The Morgan fingerprint density at radius 2 is 1.81 bits per heavy atom. The molecule has 0 saturated carbocycles. The van der Waals surface area contributed by atoms with Gasteiger partial charge in [-0.2, -0.15) is 0 Å². The number of unbranched alkanes of at least 4 members (excludes halogenated alkanes) is 3. The number of nitrogens with one attached hydrogen (secondary N) is 2. The molecule has 3 aliphatic rings. The molecule has 3 saturated heterocycles. The number of rotatable bonds is 12. The van der Waals surface area contributed by atoms with E-state index in [0.29, 0.717) is 45.3 Å². The number of amides is 3. The zero-order valence-corrected chi connectivity index (χ0v) is 19.2. The third-order valence-corrected chi connectivity index (χ3v) is 7.24. The summed E-state index contributed by atoms with van der Waals surface area (Å²) in [6.07, 6.45) is 6.09. The fourth-order valence-corrected chi connectivity index (χ4v) is 5.78. The summed E-state index contributed by atoms with van der Waals surface area (Å²) >= 11 is 0. The molecule has 5 atom stereocenters. The highest BCUT2D eigenvalue weighted by Crippen LogP contribution is 2.63. The van der Waals surface area contributed by atoms with Crippen LogP contribution in [-0.4, -0.2) is 71.2 Å². The van der Waals surface area contributed by atoms with Crippen molar-refractivity contribution in [2.24, 2.45) is 11.8 Å². The van der Waals surface area contributed by atoms with Crippen molar-refractivity contribution in [2.45, 2.75) is 89.4 Å². The molecule has 2 bridgehead atoms. The Morgan fingerprint density at radius 1 is 1.06 bits per heavy atom. The number of hydrogen-bond donors (Lipinski definition) is 3. The Bertz CT molecular complexity index is 686. The van der Waals surface area contributed by atoms with Crippen LogP contribution in [0, 0.1) is 11.8 Å². The van der Waals surface area contributed by atoms with Gasteiger partial charge in [0.1, 0.15) is 11.6 Å². The molecule has 0 aromatic heterocycles. The van der Waals surface area contributed by atoms with Gasteiger partial charge in [-0.1, -0.05) is 20.3 Å². The van der Waals surface area contributed by atoms with Crippen LogP contribution in [0.25, 0.3) is 0 Å². The molecule has 1 spiro atoms. The van der Waals surface area contributed by atoms with E-state index in [9.17, 15) is 14.4 Å². The lowest BCUT2D eigenvalue weighted by Crippen LogP contribution is -2.55. The first-order valence-corrected chi connectivity index (χ1v) is 12.0. The minimum atomic E-state index is -0.937. The summed E-state index contributed by atoms with van der Waals surface area (Å²) in [7, 11) is 0. The minimum Gasteiger partial charge on any atom is -0.396 e. The van der Waals surface area contributed by atoms with Crippen molar-refractivity contribution < 1.29 is 24.2 Å². The third kappa shape index (κ3) is 4.21. The normalized spacial score (nSPS) is 33.6. The average molecular weight is 438 g/mol. The Morgan fingerprint density at radius 3 is 2.48 bits per heavy atom. The van der Waals surface area contributed by atoms with Crippen LogP contribution in [0.3, 0.4) is 0 Å². The van der Waals surface area contributed by atoms with Crippen molar-refractivity contribution in [3.05, 3.63) is 0 Å². The van der Waals surface area contributed by atoms with E-state index < -0.39 is 29.1 Å². The van der Waals surface area contributed by atoms with Crippen LogP contribution in [-0.2, 0) is 19.1 Å². The van der Waals surface area contributed by atoms with Gasteiger partial charge in [0.15, 0.2) is 0 Å². The lowest BCUT2D eigenvalue weighted by atomic mass is 9.66. The second kappa shape index (κ2) is 9.86. The van der Waals surface area contributed by atoms with Gasteiger partial charge in [0, 0.05) is 26.2 Å². The highest BCUT2D eigenvalue weighted by molar-refractivity contribution is 5.99. The third-order valence-electron chi connectivity index (χ3n) is 7.24. The highest BCUT2D eigenvalue weighted by Gasteiger charge is 2.77. The number of carbonyl (C=O) groups excluding carboxylic acids is 3. The van der Waals surface area contributed by atoms with E-state index in [4.69, 9.17) is 9.84 Å². The van der Waals surface area contributed by atoms with E-state index >= 15 is 0 Å². The standard InChI is InChI=1S/C23H39N3O5/c1-4-6-13-25-20(29)18-23-11-10-22(3,31-23)16(19(28)24-12-5-2)17(23)21(30)26(18)14-8-7-9-15-27/h16-18,27H,4-15H2,1-3H3,(H,24,28)(H,25,29)/t16-,17-,18?,22+,23?/m0/s1. The summed E-state index contributed by atoms with van der Waals surface area (Å²) < 4.78 is 6.53. The summed E-state index contributed by atoms with van der Waals surface area (Å²) in [4.78, 5) is 41.7.